The Balaban J connectivity index is 1.91. The second-order valence-electron chi connectivity index (χ2n) is 4.90. The van der Waals surface area contributed by atoms with Crippen molar-refractivity contribution in [3.05, 3.63) is 39.9 Å². The van der Waals surface area contributed by atoms with E-state index >= 15 is 0 Å². The molecule has 3 heterocycles. The predicted molar refractivity (Wildman–Crippen MR) is 86.9 cm³/mol. The fraction of sp³-hybridized carbons (Fsp3) is 0.267. The van der Waals surface area contributed by atoms with Gasteiger partial charge in [-0.1, -0.05) is 11.8 Å². The molecule has 0 atom stereocenters. The van der Waals surface area contributed by atoms with E-state index in [1.165, 1.54) is 28.3 Å². The highest BCUT2D eigenvalue weighted by molar-refractivity contribution is 7.98. The van der Waals surface area contributed by atoms with Crippen molar-refractivity contribution in [1.29, 1.82) is 0 Å². The molecular formula is C15H14N2O3S2. The lowest BCUT2D eigenvalue weighted by Crippen LogP contribution is -1.92. The highest BCUT2D eigenvalue weighted by Crippen LogP contribution is 2.36. The number of hydrogen-bond acceptors (Lipinski definition) is 6. The van der Waals surface area contributed by atoms with Gasteiger partial charge in [-0.05, 0) is 38.5 Å². The molecule has 0 saturated carbocycles. The molecule has 0 aliphatic rings. The maximum Gasteiger partial charge on any atom is 0.371 e. The highest BCUT2D eigenvalue weighted by Gasteiger charge is 2.15. The fourth-order valence-electron chi connectivity index (χ4n) is 2.13. The number of carboxylic acids is 1. The van der Waals surface area contributed by atoms with E-state index in [9.17, 15) is 4.79 Å². The standard InChI is InChI=1S/C15H14N2O3S2/c1-7-8(2)22-14-12(7)13(16-9(3)17-14)21-6-10-4-5-11(20-10)15(18)19/h4-5H,6H2,1-3H3,(H,18,19). The van der Waals surface area contributed by atoms with Crippen LogP contribution in [0.1, 0.15) is 32.6 Å². The summed E-state index contributed by atoms with van der Waals surface area (Å²) in [5, 5.41) is 10.9. The number of hydrogen-bond donors (Lipinski definition) is 1. The zero-order valence-corrected chi connectivity index (χ0v) is 14.0. The van der Waals surface area contributed by atoms with Crippen LogP contribution in [0.2, 0.25) is 0 Å². The van der Waals surface area contributed by atoms with Gasteiger partial charge in [-0.2, -0.15) is 0 Å². The van der Waals surface area contributed by atoms with Crippen LogP contribution in [0, 0.1) is 20.8 Å². The second kappa shape index (κ2) is 5.73. The van der Waals surface area contributed by atoms with Crippen LogP contribution in [-0.4, -0.2) is 21.0 Å². The van der Waals surface area contributed by atoms with Crippen molar-refractivity contribution in [3.8, 4) is 0 Å². The molecule has 22 heavy (non-hydrogen) atoms. The molecule has 0 aliphatic heterocycles. The average molecular weight is 334 g/mol. The zero-order chi connectivity index (χ0) is 15.9. The number of aromatic nitrogens is 2. The van der Waals surface area contributed by atoms with Crippen molar-refractivity contribution in [3.63, 3.8) is 0 Å². The van der Waals surface area contributed by atoms with E-state index < -0.39 is 5.97 Å². The van der Waals surface area contributed by atoms with Gasteiger partial charge < -0.3 is 9.52 Å². The lowest BCUT2D eigenvalue weighted by molar-refractivity contribution is 0.0661. The number of aryl methyl sites for hydroxylation is 3. The molecule has 3 rings (SSSR count). The summed E-state index contributed by atoms with van der Waals surface area (Å²) in [7, 11) is 0. The van der Waals surface area contributed by atoms with Gasteiger partial charge in [0.25, 0.3) is 0 Å². The number of thioether (sulfide) groups is 1. The van der Waals surface area contributed by atoms with Crippen LogP contribution in [0.4, 0.5) is 0 Å². The van der Waals surface area contributed by atoms with E-state index in [-0.39, 0.29) is 5.76 Å². The van der Waals surface area contributed by atoms with Crippen molar-refractivity contribution < 1.29 is 14.3 Å². The molecule has 0 saturated heterocycles. The summed E-state index contributed by atoms with van der Waals surface area (Å²) < 4.78 is 5.28. The third-order valence-corrected chi connectivity index (χ3v) is 5.43. The Kier molecular flexibility index (Phi) is 3.92. The Hall–Kier alpha value is -1.86. The van der Waals surface area contributed by atoms with Crippen LogP contribution in [0.5, 0.6) is 0 Å². The molecule has 0 spiro atoms. The molecule has 1 N–H and O–H groups in total. The number of thiophene rings is 1. The van der Waals surface area contributed by atoms with E-state index in [1.54, 1.807) is 17.4 Å². The molecule has 0 fully saturated rings. The summed E-state index contributed by atoms with van der Waals surface area (Å²) in [6.45, 7) is 6.03. The summed E-state index contributed by atoms with van der Waals surface area (Å²) in [5.41, 5.74) is 1.20. The smallest absolute Gasteiger partial charge is 0.371 e. The van der Waals surface area contributed by atoms with Crippen molar-refractivity contribution >= 4 is 39.3 Å². The summed E-state index contributed by atoms with van der Waals surface area (Å²) in [6.07, 6.45) is 0. The average Bonchev–Trinajstić information content (AvgIpc) is 3.02. The molecule has 0 bridgehead atoms. The lowest BCUT2D eigenvalue weighted by Gasteiger charge is -2.04. The van der Waals surface area contributed by atoms with Crippen LogP contribution in [0.3, 0.4) is 0 Å². The molecule has 5 nitrogen and oxygen atoms in total. The van der Waals surface area contributed by atoms with Gasteiger partial charge in [-0.25, -0.2) is 14.8 Å². The summed E-state index contributed by atoms with van der Waals surface area (Å²) in [6, 6.07) is 3.16. The number of carbonyl (C=O) groups is 1. The minimum atomic E-state index is -1.05. The van der Waals surface area contributed by atoms with Crippen molar-refractivity contribution in [2.45, 2.75) is 31.6 Å². The van der Waals surface area contributed by atoms with Crippen molar-refractivity contribution in [2.24, 2.45) is 0 Å². The third kappa shape index (κ3) is 2.74. The molecule has 0 amide bonds. The zero-order valence-electron chi connectivity index (χ0n) is 12.3. The van der Waals surface area contributed by atoms with Crippen LogP contribution >= 0.6 is 23.1 Å². The summed E-state index contributed by atoms with van der Waals surface area (Å²) >= 11 is 3.21. The number of nitrogens with zero attached hydrogens (tertiary/aromatic N) is 2. The Morgan fingerprint density at radius 1 is 1.32 bits per heavy atom. The van der Waals surface area contributed by atoms with Crippen LogP contribution in [0.25, 0.3) is 10.2 Å². The Labute approximate surface area is 135 Å². The van der Waals surface area contributed by atoms with E-state index in [4.69, 9.17) is 9.52 Å². The molecule has 114 valence electrons. The van der Waals surface area contributed by atoms with Crippen LogP contribution in [0.15, 0.2) is 21.6 Å². The molecule has 0 aromatic carbocycles. The maximum absolute atomic E-state index is 10.8. The van der Waals surface area contributed by atoms with E-state index in [0.717, 1.165) is 21.1 Å². The molecule has 0 unspecified atom stereocenters. The quantitative estimate of drug-likeness (QED) is 0.569. The van der Waals surface area contributed by atoms with E-state index in [0.29, 0.717) is 11.5 Å². The highest BCUT2D eigenvalue weighted by atomic mass is 32.2. The van der Waals surface area contributed by atoms with Gasteiger partial charge in [0.15, 0.2) is 0 Å². The number of carboxylic acid groups (broad SMARTS) is 1. The second-order valence-corrected chi connectivity index (χ2v) is 7.07. The first kappa shape index (κ1) is 15.1. The molecule has 3 aromatic heterocycles. The number of rotatable bonds is 4. The monoisotopic (exact) mass is 334 g/mol. The van der Waals surface area contributed by atoms with E-state index in [2.05, 4.69) is 23.8 Å². The minimum Gasteiger partial charge on any atom is -0.475 e. The number of furan rings is 1. The Morgan fingerprint density at radius 3 is 2.77 bits per heavy atom. The summed E-state index contributed by atoms with van der Waals surface area (Å²) in [4.78, 5) is 22.1. The molecule has 3 aromatic rings. The van der Waals surface area contributed by atoms with Gasteiger partial charge in [0, 0.05) is 10.3 Å². The van der Waals surface area contributed by atoms with Gasteiger partial charge in [0.2, 0.25) is 5.76 Å². The topological polar surface area (TPSA) is 76.2 Å². The first-order valence-corrected chi connectivity index (χ1v) is 8.45. The van der Waals surface area contributed by atoms with Crippen LogP contribution in [-0.2, 0) is 5.75 Å². The minimum absolute atomic E-state index is 0.0397. The lowest BCUT2D eigenvalue weighted by atomic mass is 10.2. The van der Waals surface area contributed by atoms with Gasteiger partial charge in [-0.3, -0.25) is 0 Å². The summed E-state index contributed by atoms with van der Waals surface area (Å²) in [5.74, 6) is 0.800. The molecule has 0 radical (unpaired) electrons. The van der Waals surface area contributed by atoms with Gasteiger partial charge in [0.05, 0.1) is 5.75 Å². The molecule has 7 heteroatoms. The van der Waals surface area contributed by atoms with Crippen LogP contribution < -0.4 is 0 Å². The van der Waals surface area contributed by atoms with Gasteiger partial charge in [0.1, 0.15) is 21.4 Å². The van der Waals surface area contributed by atoms with Crippen molar-refractivity contribution in [1.82, 2.24) is 9.97 Å². The Bertz CT molecular complexity index is 867. The SMILES string of the molecule is Cc1nc(SCc2ccc(C(=O)O)o2)c2c(C)c(C)sc2n1. The Morgan fingerprint density at radius 2 is 2.09 bits per heavy atom. The number of aromatic carboxylic acids is 1. The molecular weight excluding hydrogens is 320 g/mol. The van der Waals surface area contributed by atoms with Gasteiger partial charge >= 0.3 is 5.97 Å². The van der Waals surface area contributed by atoms with Crippen molar-refractivity contribution in [2.75, 3.05) is 0 Å². The molecule has 0 aliphatic carbocycles. The van der Waals surface area contributed by atoms with E-state index in [1.807, 2.05) is 6.92 Å². The first-order chi connectivity index (χ1) is 10.5. The maximum atomic E-state index is 10.8. The normalized spacial score (nSPS) is 11.2. The largest absolute Gasteiger partial charge is 0.475 e. The third-order valence-electron chi connectivity index (χ3n) is 3.33. The fourth-order valence-corrected chi connectivity index (χ4v) is 4.29. The predicted octanol–water partition coefficient (Wildman–Crippen LogP) is 4.20. The first-order valence-electron chi connectivity index (χ1n) is 6.65. The number of fused-ring (bicyclic) bond motifs is 1. The van der Waals surface area contributed by atoms with Gasteiger partial charge in [-0.15, -0.1) is 11.3 Å².